The van der Waals surface area contributed by atoms with Crippen molar-refractivity contribution in [1.82, 2.24) is 9.97 Å². The minimum Gasteiger partial charge on any atom is -0.501 e. The van der Waals surface area contributed by atoms with Gasteiger partial charge in [-0.05, 0) is 58.8 Å². The van der Waals surface area contributed by atoms with E-state index in [4.69, 9.17) is 4.42 Å². The van der Waals surface area contributed by atoms with Crippen molar-refractivity contribution in [3.8, 4) is 33.6 Å². The predicted octanol–water partition coefficient (Wildman–Crippen LogP) is 10.3. The molecule has 0 saturated heterocycles. The molecule has 8 aromatic rings. The standard InChI is InChI=1S/C24H16NO.C17H12N.Ir/c1-2-7-17(8-3-1)15-18-12-13-23-21(16-18)19-9-6-10-20(24(19)26-23)22-11-4-5-14-25-22;1-2-7-14(8-3-1)15-9-6-10-16(13-15)17-11-4-5-12-18-17;/h1-9,11-14,16H,15H2;1-9,11-13H;/q2*-1;. The van der Waals surface area contributed by atoms with Crippen LogP contribution in [0.25, 0.3) is 55.6 Å². The number of hydrogen-bond donors (Lipinski definition) is 0. The van der Waals surface area contributed by atoms with Crippen LogP contribution in [-0.2, 0) is 26.5 Å². The Morgan fingerprint density at radius 2 is 1.22 bits per heavy atom. The topological polar surface area (TPSA) is 38.9 Å². The van der Waals surface area contributed by atoms with E-state index >= 15 is 0 Å². The molecular weight excluding hydrogens is 729 g/mol. The zero-order valence-corrected chi connectivity index (χ0v) is 26.7. The first-order valence-electron chi connectivity index (χ1n) is 14.6. The molecule has 3 nitrogen and oxygen atoms in total. The zero-order chi connectivity index (χ0) is 29.6. The molecule has 0 aliphatic rings. The number of benzene rings is 5. The van der Waals surface area contributed by atoms with E-state index in [0.717, 1.165) is 50.9 Å². The number of pyridine rings is 2. The van der Waals surface area contributed by atoms with Crippen molar-refractivity contribution in [2.24, 2.45) is 0 Å². The fraction of sp³-hybridized carbons (Fsp3) is 0.0244. The molecule has 0 bridgehead atoms. The number of rotatable bonds is 5. The van der Waals surface area contributed by atoms with Gasteiger partial charge in [0.05, 0.1) is 5.58 Å². The quantitative estimate of drug-likeness (QED) is 0.164. The molecule has 5 aromatic carbocycles. The minimum absolute atomic E-state index is 0. The summed E-state index contributed by atoms with van der Waals surface area (Å²) in [7, 11) is 0. The van der Waals surface area contributed by atoms with Gasteiger partial charge in [0.1, 0.15) is 5.58 Å². The Labute approximate surface area is 276 Å². The molecule has 0 aliphatic heterocycles. The van der Waals surface area contributed by atoms with Gasteiger partial charge >= 0.3 is 0 Å². The van der Waals surface area contributed by atoms with Gasteiger partial charge in [-0.25, -0.2) is 0 Å². The van der Waals surface area contributed by atoms with Crippen LogP contribution in [0.2, 0.25) is 0 Å². The fourth-order valence-electron chi connectivity index (χ4n) is 5.38. The SMILES string of the molecule is [Ir].[c-]1ccc(-c2ccccc2)cc1-c1ccccn1.[c-]1ccc2c(oc3ccc(Cc4ccccc4)cc32)c1-c1ccccn1. The number of nitrogens with zero attached hydrogens (tertiary/aromatic N) is 2. The molecule has 1 radical (unpaired) electrons. The monoisotopic (exact) mass is 757 g/mol. The third-order valence-electron chi connectivity index (χ3n) is 7.52. The van der Waals surface area contributed by atoms with E-state index in [1.807, 2.05) is 72.8 Å². The largest absolute Gasteiger partial charge is 0.501 e. The van der Waals surface area contributed by atoms with Crippen molar-refractivity contribution in [3.05, 3.63) is 181 Å². The van der Waals surface area contributed by atoms with Crippen LogP contribution in [0.1, 0.15) is 11.1 Å². The Morgan fingerprint density at radius 3 is 1.96 bits per heavy atom. The van der Waals surface area contributed by atoms with E-state index < -0.39 is 0 Å². The summed E-state index contributed by atoms with van der Waals surface area (Å²) in [6.45, 7) is 0. The van der Waals surface area contributed by atoms with Crippen molar-refractivity contribution >= 4 is 21.9 Å². The Morgan fingerprint density at radius 1 is 0.533 bits per heavy atom. The maximum atomic E-state index is 6.17. The second kappa shape index (κ2) is 14.1. The number of aromatic nitrogens is 2. The molecule has 3 heterocycles. The molecule has 0 saturated carbocycles. The van der Waals surface area contributed by atoms with E-state index in [9.17, 15) is 0 Å². The summed E-state index contributed by atoms with van der Waals surface area (Å²) >= 11 is 0. The second-order valence-corrected chi connectivity index (χ2v) is 10.5. The van der Waals surface area contributed by atoms with Crippen LogP contribution in [0.15, 0.2) is 162 Å². The van der Waals surface area contributed by atoms with Gasteiger partial charge in [-0.2, -0.15) is 0 Å². The molecule has 219 valence electrons. The second-order valence-electron chi connectivity index (χ2n) is 10.5. The first-order chi connectivity index (χ1) is 21.8. The maximum Gasteiger partial charge on any atom is 0.120 e. The normalized spacial score (nSPS) is 10.6. The fourth-order valence-corrected chi connectivity index (χ4v) is 5.38. The summed E-state index contributed by atoms with van der Waals surface area (Å²) < 4.78 is 6.17. The molecular formula is C41H28IrN2O-2. The molecule has 0 fully saturated rings. The van der Waals surface area contributed by atoms with Gasteiger partial charge in [0.15, 0.2) is 0 Å². The number of fused-ring (bicyclic) bond motifs is 3. The van der Waals surface area contributed by atoms with Gasteiger partial charge < -0.3 is 14.4 Å². The smallest absolute Gasteiger partial charge is 0.120 e. The summed E-state index contributed by atoms with van der Waals surface area (Å²) in [4.78, 5) is 8.80. The van der Waals surface area contributed by atoms with E-state index in [1.54, 1.807) is 12.4 Å². The predicted molar refractivity (Wildman–Crippen MR) is 179 cm³/mol. The van der Waals surface area contributed by atoms with Crippen LogP contribution in [-0.4, -0.2) is 9.97 Å². The molecule has 45 heavy (non-hydrogen) atoms. The average molecular weight is 757 g/mol. The van der Waals surface area contributed by atoms with Crippen molar-refractivity contribution in [2.75, 3.05) is 0 Å². The van der Waals surface area contributed by atoms with Gasteiger partial charge in [-0.1, -0.05) is 102 Å². The van der Waals surface area contributed by atoms with Gasteiger partial charge in [0, 0.05) is 37.9 Å². The summed E-state index contributed by atoms with van der Waals surface area (Å²) in [6.07, 6.45) is 4.51. The molecule has 4 heteroatoms. The molecule has 0 aliphatic carbocycles. The first-order valence-corrected chi connectivity index (χ1v) is 14.6. The van der Waals surface area contributed by atoms with E-state index in [-0.39, 0.29) is 20.1 Å². The summed E-state index contributed by atoms with van der Waals surface area (Å²) in [5, 5.41) is 2.24. The molecule has 0 atom stereocenters. The molecule has 0 unspecified atom stereocenters. The van der Waals surface area contributed by atoms with E-state index in [0.29, 0.717) is 0 Å². The molecule has 0 N–H and O–H groups in total. The van der Waals surface area contributed by atoms with E-state index in [1.165, 1.54) is 22.3 Å². The summed E-state index contributed by atoms with van der Waals surface area (Å²) in [5.74, 6) is 0. The third-order valence-corrected chi connectivity index (χ3v) is 7.52. The molecule has 0 amide bonds. The van der Waals surface area contributed by atoms with Crippen molar-refractivity contribution < 1.29 is 24.5 Å². The Hall–Kier alpha value is -5.15. The molecule has 8 rings (SSSR count). The average Bonchev–Trinajstić information content (AvgIpc) is 3.48. The van der Waals surface area contributed by atoms with Crippen LogP contribution in [0.4, 0.5) is 0 Å². The molecule has 0 spiro atoms. The Kier molecular flexibility index (Phi) is 9.36. The Balaban J connectivity index is 0.000000166. The maximum absolute atomic E-state index is 6.17. The molecule has 3 aromatic heterocycles. The van der Waals surface area contributed by atoms with Crippen LogP contribution in [0.5, 0.6) is 0 Å². The van der Waals surface area contributed by atoms with Crippen molar-refractivity contribution in [2.45, 2.75) is 6.42 Å². The van der Waals surface area contributed by atoms with Gasteiger partial charge in [0.25, 0.3) is 0 Å². The van der Waals surface area contributed by atoms with Crippen LogP contribution in [0, 0.1) is 12.1 Å². The minimum atomic E-state index is 0. The van der Waals surface area contributed by atoms with Gasteiger partial charge in [-0.15, -0.1) is 53.6 Å². The van der Waals surface area contributed by atoms with Gasteiger partial charge in [-0.3, -0.25) is 0 Å². The van der Waals surface area contributed by atoms with Crippen LogP contribution < -0.4 is 0 Å². The zero-order valence-electron chi connectivity index (χ0n) is 24.4. The Bertz CT molecular complexity index is 2070. The third kappa shape index (κ3) is 6.84. The van der Waals surface area contributed by atoms with Gasteiger partial charge in [0.2, 0.25) is 0 Å². The number of furan rings is 1. The first kappa shape index (κ1) is 29.9. The van der Waals surface area contributed by atoms with Crippen LogP contribution >= 0.6 is 0 Å². The van der Waals surface area contributed by atoms with Crippen molar-refractivity contribution in [3.63, 3.8) is 0 Å². The summed E-state index contributed by atoms with van der Waals surface area (Å²) in [6, 6.07) is 55.8. The summed E-state index contributed by atoms with van der Waals surface area (Å²) in [5.41, 5.74) is 10.5. The van der Waals surface area contributed by atoms with Crippen LogP contribution in [0.3, 0.4) is 0 Å². The van der Waals surface area contributed by atoms with E-state index in [2.05, 4.69) is 94.9 Å². The van der Waals surface area contributed by atoms with Crippen molar-refractivity contribution in [1.29, 1.82) is 0 Å². The number of hydrogen-bond acceptors (Lipinski definition) is 3.